The van der Waals surface area contributed by atoms with Gasteiger partial charge < -0.3 is 5.32 Å². The van der Waals surface area contributed by atoms with Crippen molar-refractivity contribution in [2.24, 2.45) is 0 Å². The SMILES string of the molecule is CCc1ccnc(C2CCCN2)c1. The molecule has 2 heterocycles. The van der Waals surface area contributed by atoms with Gasteiger partial charge in [-0.3, -0.25) is 4.98 Å². The molecule has 0 radical (unpaired) electrons. The fourth-order valence-corrected chi connectivity index (χ4v) is 1.84. The Morgan fingerprint density at radius 3 is 3.23 bits per heavy atom. The Labute approximate surface area is 79.4 Å². The van der Waals surface area contributed by atoms with Crippen LogP contribution in [0.2, 0.25) is 0 Å². The van der Waals surface area contributed by atoms with Crippen LogP contribution in [0.3, 0.4) is 0 Å². The molecular formula is C11H16N2. The summed E-state index contributed by atoms with van der Waals surface area (Å²) in [5.74, 6) is 0. The summed E-state index contributed by atoms with van der Waals surface area (Å²) in [6.07, 6.45) is 5.54. The van der Waals surface area contributed by atoms with Gasteiger partial charge >= 0.3 is 0 Å². The van der Waals surface area contributed by atoms with Gasteiger partial charge in [0.1, 0.15) is 0 Å². The number of nitrogens with zero attached hydrogens (tertiary/aromatic N) is 1. The summed E-state index contributed by atoms with van der Waals surface area (Å²) >= 11 is 0. The maximum absolute atomic E-state index is 4.41. The summed E-state index contributed by atoms with van der Waals surface area (Å²) < 4.78 is 0. The van der Waals surface area contributed by atoms with Gasteiger partial charge in [0, 0.05) is 12.2 Å². The molecule has 0 aliphatic carbocycles. The van der Waals surface area contributed by atoms with Gasteiger partial charge in [-0.15, -0.1) is 0 Å². The van der Waals surface area contributed by atoms with Crippen molar-refractivity contribution in [3.05, 3.63) is 29.6 Å². The molecule has 0 spiro atoms. The van der Waals surface area contributed by atoms with Crippen molar-refractivity contribution in [1.82, 2.24) is 10.3 Å². The zero-order chi connectivity index (χ0) is 9.10. The lowest BCUT2D eigenvalue weighted by atomic mass is 10.1. The predicted octanol–water partition coefficient (Wildman–Crippen LogP) is 2.07. The van der Waals surface area contributed by atoms with Crippen LogP contribution in [0.25, 0.3) is 0 Å². The molecule has 1 N–H and O–H groups in total. The van der Waals surface area contributed by atoms with Gasteiger partial charge in [-0.1, -0.05) is 6.92 Å². The average Bonchev–Trinajstić information content (AvgIpc) is 2.71. The summed E-state index contributed by atoms with van der Waals surface area (Å²) in [5.41, 5.74) is 2.61. The van der Waals surface area contributed by atoms with Crippen molar-refractivity contribution in [2.45, 2.75) is 32.2 Å². The van der Waals surface area contributed by atoms with Gasteiger partial charge in [-0.05, 0) is 43.5 Å². The Morgan fingerprint density at radius 1 is 1.62 bits per heavy atom. The van der Waals surface area contributed by atoms with E-state index in [-0.39, 0.29) is 0 Å². The quantitative estimate of drug-likeness (QED) is 0.746. The summed E-state index contributed by atoms with van der Waals surface area (Å²) in [6, 6.07) is 4.83. The van der Waals surface area contributed by atoms with Gasteiger partial charge in [-0.25, -0.2) is 0 Å². The van der Waals surface area contributed by atoms with Crippen LogP contribution in [0.5, 0.6) is 0 Å². The third-order valence-electron chi connectivity index (χ3n) is 2.67. The van der Waals surface area contributed by atoms with E-state index in [0.717, 1.165) is 13.0 Å². The van der Waals surface area contributed by atoms with Crippen molar-refractivity contribution in [3.63, 3.8) is 0 Å². The van der Waals surface area contributed by atoms with Gasteiger partial charge in [0.15, 0.2) is 0 Å². The highest BCUT2D eigenvalue weighted by atomic mass is 15.0. The second-order valence-electron chi connectivity index (χ2n) is 3.59. The number of aromatic nitrogens is 1. The highest BCUT2D eigenvalue weighted by Crippen LogP contribution is 2.21. The first-order chi connectivity index (χ1) is 6.40. The van der Waals surface area contributed by atoms with E-state index in [2.05, 4.69) is 29.4 Å². The Hall–Kier alpha value is -0.890. The number of hydrogen-bond donors (Lipinski definition) is 1. The maximum Gasteiger partial charge on any atom is 0.0575 e. The van der Waals surface area contributed by atoms with Crippen molar-refractivity contribution in [3.8, 4) is 0 Å². The standard InChI is InChI=1S/C11H16N2/c1-2-9-5-7-13-11(8-9)10-4-3-6-12-10/h5,7-8,10,12H,2-4,6H2,1H3. The second-order valence-corrected chi connectivity index (χ2v) is 3.59. The molecule has 2 rings (SSSR count). The third-order valence-corrected chi connectivity index (χ3v) is 2.67. The van der Waals surface area contributed by atoms with Crippen LogP contribution >= 0.6 is 0 Å². The first kappa shape index (κ1) is 8.70. The molecule has 1 aromatic rings. The van der Waals surface area contributed by atoms with E-state index in [9.17, 15) is 0 Å². The number of aryl methyl sites for hydroxylation is 1. The molecule has 1 fully saturated rings. The average molecular weight is 176 g/mol. The number of rotatable bonds is 2. The maximum atomic E-state index is 4.41. The smallest absolute Gasteiger partial charge is 0.0575 e. The number of pyridine rings is 1. The molecule has 70 valence electrons. The highest BCUT2D eigenvalue weighted by Gasteiger charge is 2.16. The summed E-state index contributed by atoms with van der Waals surface area (Å²) in [7, 11) is 0. The summed E-state index contributed by atoms with van der Waals surface area (Å²) in [4.78, 5) is 4.41. The molecule has 2 nitrogen and oxygen atoms in total. The van der Waals surface area contributed by atoms with Crippen LogP contribution in [0.15, 0.2) is 18.3 Å². The minimum atomic E-state index is 0.506. The number of nitrogens with one attached hydrogen (secondary N) is 1. The van der Waals surface area contributed by atoms with Crippen molar-refractivity contribution >= 4 is 0 Å². The lowest BCUT2D eigenvalue weighted by molar-refractivity contribution is 0.626. The van der Waals surface area contributed by atoms with Gasteiger partial charge in [0.05, 0.1) is 5.69 Å². The lowest BCUT2D eigenvalue weighted by Crippen LogP contribution is -2.14. The molecule has 0 bridgehead atoms. The zero-order valence-corrected chi connectivity index (χ0v) is 8.09. The minimum Gasteiger partial charge on any atom is -0.309 e. The van der Waals surface area contributed by atoms with E-state index in [1.54, 1.807) is 0 Å². The highest BCUT2D eigenvalue weighted by molar-refractivity contribution is 5.19. The van der Waals surface area contributed by atoms with Crippen molar-refractivity contribution in [2.75, 3.05) is 6.54 Å². The van der Waals surface area contributed by atoms with Crippen molar-refractivity contribution < 1.29 is 0 Å². The molecule has 1 aromatic heterocycles. The van der Waals surface area contributed by atoms with Gasteiger partial charge in [-0.2, -0.15) is 0 Å². The van der Waals surface area contributed by atoms with Crippen LogP contribution in [0.4, 0.5) is 0 Å². The van der Waals surface area contributed by atoms with E-state index >= 15 is 0 Å². The van der Waals surface area contributed by atoms with E-state index in [1.807, 2.05) is 6.20 Å². The molecule has 1 saturated heterocycles. The van der Waals surface area contributed by atoms with E-state index in [4.69, 9.17) is 0 Å². The third kappa shape index (κ3) is 1.89. The predicted molar refractivity (Wildman–Crippen MR) is 53.6 cm³/mol. The molecular weight excluding hydrogens is 160 g/mol. The summed E-state index contributed by atoms with van der Waals surface area (Å²) in [6.45, 7) is 3.32. The van der Waals surface area contributed by atoms with Gasteiger partial charge in [0.2, 0.25) is 0 Å². The normalized spacial score (nSPS) is 22.1. The first-order valence-corrected chi connectivity index (χ1v) is 5.08. The topological polar surface area (TPSA) is 24.9 Å². The molecule has 2 heteroatoms. The Balaban J connectivity index is 2.18. The zero-order valence-electron chi connectivity index (χ0n) is 8.09. The lowest BCUT2D eigenvalue weighted by Gasteiger charge is -2.09. The van der Waals surface area contributed by atoms with Gasteiger partial charge in [0.25, 0.3) is 0 Å². The molecule has 13 heavy (non-hydrogen) atoms. The van der Waals surface area contributed by atoms with E-state index < -0.39 is 0 Å². The second kappa shape index (κ2) is 3.88. The fraction of sp³-hybridized carbons (Fsp3) is 0.545. The molecule has 1 aliphatic heterocycles. The minimum absolute atomic E-state index is 0.506. The fourth-order valence-electron chi connectivity index (χ4n) is 1.84. The molecule has 0 amide bonds. The van der Waals surface area contributed by atoms with Crippen LogP contribution in [0, 0.1) is 0 Å². The Morgan fingerprint density at radius 2 is 2.54 bits per heavy atom. The van der Waals surface area contributed by atoms with E-state index in [0.29, 0.717) is 6.04 Å². The van der Waals surface area contributed by atoms with Crippen LogP contribution in [-0.2, 0) is 6.42 Å². The largest absolute Gasteiger partial charge is 0.309 e. The molecule has 1 aliphatic rings. The van der Waals surface area contributed by atoms with Crippen LogP contribution < -0.4 is 5.32 Å². The Kier molecular flexibility index (Phi) is 2.60. The first-order valence-electron chi connectivity index (χ1n) is 5.08. The molecule has 1 atom stereocenters. The molecule has 0 saturated carbocycles. The van der Waals surface area contributed by atoms with Crippen LogP contribution in [0.1, 0.15) is 37.1 Å². The monoisotopic (exact) mass is 176 g/mol. The summed E-state index contributed by atoms with van der Waals surface area (Å²) in [5, 5.41) is 3.46. The molecule has 0 aromatic carbocycles. The van der Waals surface area contributed by atoms with E-state index in [1.165, 1.54) is 24.1 Å². The van der Waals surface area contributed by atoms with Crippen LogP contribution in [-0.4, -0.2) is 11.5 Å². The number of hydrogen-bond acceptors (Lipinski definition) is 2. The molecule has 1 unspecified atom stereocenters. The van der Waals surface area contributed by atoms with Crippen molar-refractivity contribution in [1.29, 1.82) is 0 Å². The Bertz CT molecular complexity index is 277.